The quantitative estimate of drug-likeness (QED) is 0.900. The van der Waals surface area contributed by atoms with Crippen LogP contribution in [0.1, 0.15) is 26.2 Å². The summed E-state index contributed by atoms with van der Waals surface area (Å²) in [4.78, 5) is 14.0. The van der Waals surface area contributed by atoms with Gasteiger partial charge in [0.25, 0.3) is 0 Å². The van der Waals surface area contributed by atoms with Gasteiger partial charge in [-0.2, -0.15) is 0 Å². The summed E-state index contributed by atoms with van der Waals surface area (Å²) in [7, 11) is 1.53. The van der Waals surface area contributed by atoms with Crippen molar-refractivity contribution in [3.05, 3.63) is 24.0 Å². The van der Waals surface area contributed by atoms with Crippen molar-refractivity contribution < 1.29 is 13.9 Å². The number of hydrogen-bond donors (Lipinski definition) is 1. The third-order valence-electron chi connectivity index (χ3n) is 3.52. The summed E-state index contributed by atoms with van der Waals surface area (Å²) in [6.07, 6.45) is 2.64. The molecule has 5 heteroatoms. The minimum atomic E-state index is -0.393. The van der Waals surface area contributed by atoms with Gasteiger partial charge in [0.1, 0.15) is 11.6 Å². The molecule has 0 bridgehead atoms. The number of methoxy groups -OCH3 is 1. The van der Waals surface area contributed by atoms with Crippen LogP contribution in [0, 0.1) is 5.82 Å². The Morgan fingerprint density at radius 1 is 1.50 bits per heavy atom. The Morgan fingerprint density at radius 3 is 3.00 bits per heavy atom. The molecular weight excluding hydrogens is 259 g/mol. The summed E-state index contributed by atoms with van der Waals surface area (Å²) in [5, 5.41) is 3.22. The van der Waals surface area contributed by atoms with E-state index < -0.39 is 5.82 Å². The van der Waals surface area contributed by atoms with Gasteiger partial charge < -0.3 is 15.0 Å². The monoisotopic (exact) mass is 280 g/mol. The molecule has 20 heavy (non-hydrogen) atoms. The molecule has 1 aliphatic heterocycles. The zero-order valence-electron chi connectivity index (χ0n) is 12.0. The first-order valence-electron chi connectivity index (χ1n) is 7.05. The molecule has 4 nitrogen and oxygen atoms in total. The molecule has 2 rings (SSSR count). The van der Waals surface area contributed by atoms with Gasteiger partial charge in [0.15, 0.2) is 0 Å². The molecule has 1 amide bonds. The third kappa shape index (κ3) is 3.10. The van der Waals surface area contributed by atoms with Crippen molar-refractivity contribution in [1.82, 2.24) is 5.32 Å². The normalized spacial score (nSPS) is 19.2. The van der Waals surface area contributed by atoms with Crippen LogP contribution in [-0.4, -0.2) is 32.1 Å². The molecule has 1 atom stereocenters. The first-order valence-corrected chi connectivity index (χ1v) is 7.05. The number of nitrogens with zero attached hydrogens (tertiary/aromatic N) is 1. The molecule has 0 aromatic heterocycles. The second-order valence-electron chi connectivity index (χ2n) is 4.96. The molecule has 1 saturated heterocycles. The molecule has 1 fully saturated rings. The van der Waals surface area contributed by atoms with Crippen LogP contribution in [0.4, 0.5) is 10.1 Å². The van der Waals surface area contributed by atoms with Crippen LogP contribution >= 0.6 is 0 Å². The number of piperidine rings is 1. The molecule has 0 radical (unpaired) electrons. The van der Waals surface area contributed by atoms with Gasteiger partial charge in [-0.15, -0.1) is 0 Å². The number of carbonyl (C=O) groups is 1. The lowest BCUT2D eigenvalue weighted by Gasteiger charge is -2.33. The summed E-state index contributed by atoms with van der Waals surface area (Å²) in [5.74, 6) is 0.102. The van der Waals surface area contributed by atoms with Crippen LogP contribution in [0.3, 0.4) is 0 Å². The fourth-order valence-corrected chi connectivity index (χ4v) is 2.45. The van der Waals surface area contributed by atoms with Gasteiger partial charge >= 0.3 is 0 Å². The van der Waals surface area contributed by atoms with Crippen molar-refractivity contribution >= 4 is 11.6 Å². The van der Waals surface area contributed by atoms with Gasteiger partial charge in [-0.3, -0.25) is 4.79 Å². The Kier molecular flexibility index (Phi) is 4.95. The molecule has 1 N–H and O–H groups in total. The van der Waals surface area contributed by atoms with E-state index in [2.05, 4.69) is 12.2 Å². The first-order chi connectivity index (χ1) is 9.67. The Balaban J connectivity index is 2.20. The molecular formula is C15H21FN2O2. The SMILES string of the molecule is CCCNC1CCCN(c2cc(OC)ccc2F)C1=O. The predicted octanol–water partition coefficient (Wildman–Crippen LogP) is 2.33. The molecule has 1 aliphatic rings. The third-order valence-corrected chi connectivity index (χ3v) is 3.52. The van der Waals surface area contributed by atoms with Crippen LogP contribution in [0.5, 0.6) is 5.75 Å². The molecule has 1 heterocycles. The van der Waals surface area contributed by atoms with Crippen molar-refractivity contribution in [3.8, 4) is 5.75 Å². The molecule has 0 aliphatic carbocycles. The van der Waals surface area contributed by atoms with Crippen LogP contribution in [0.15, 0.2) is 18.2 Å². The van der Waals surface area contributed by atoms with E-state index in [4.69, 9.17) is 4.74 Å². The van der Waals surface area contributed by atoms with Crippen LogP contribution in [0.2, 0.25) is 0 Å². The van der Waals surface area contributed by atoms with E-state index in [1.165, 1.54) is 18.1 Å². The van der Waals surface area contributed by atoms with E-state index in [1.54, 1.807) is 12.1 Å². The van der Waals surface area contributed by atoms with Gasteiger partial charge in [0.05, 0.1) is 18.8 Å². The second kappa shape index (κ2) is 6.70. The Labute approximate surface area is 118 Å². The average molecular weight is 280 g/mol. The number of benzene rings is 1. The highest BCUT2D eigenvalue weighted by atomic mass is 19.1. The van der Waals surface area contributed by atoms with Crippen LogP contribution < -0.4 is 15.0 Å². The van der Waals surface area contributed by atoms with Gasteiger partial charge in [-0.25, -0.2) is 4.39 Å². The average Bonchev–Trinajstić information content (AvgIpc) is 2.47. The predicted molar refractivity (Wildman–Crippen MR) is 76.6 cm³/mol. The van der Waals surface area contributed by atoms with Crippen molar-refractivity contribution in [3.63, 3.8) is 0 Å². The number of nitrogens with one attached hydrogen (secondary N) is 1. The highest BCUT2D eigenvalue weighted by molar-refractivity contribution is 5.98. The summed E-state index contributed by atoms with van der Waals surface area (Å²) in [6, 6.07) is 4.26. The highest BCUT2D eigenvalue weighted by Gasteiger charge is 2.30. The lowest BCUT2D eigenvalue weighted by molar-refractivity contribution is -0.121. The standard InChI is InChI=1S/C15H21FN2O2/c1-3-8-17-13-5-4-9-18(15(13)19)14-10-11(20-2)6-7-12(14)16/h6-7,10,13,17H,3-5,8-9H2,1-2H3. The summed E-state index contributed by atoms with van der Waals surface area (Å²) < 4.78 is 19.1. The minimum Gasteiger partial charge on any atom is -0.497 e. The number of rotatable bonds is 5. The van der Waals surface area contributed by atoms with E-state index in [1.807, 2.05) is 0 Å². The zero-order valence-corrected chi connectivity index (χ0v) is 12.0. The van der Waals surface area contributed by atoms with Gasteiger partial charge in [-0.1, -0.05) is 6.92 Å². The summed E-state index contributed by atoms with van der Waals surface area (Å²) >= 11 is 0. The fourth-order valence-electron chi connectivity index (χ4n) is 2.45. The van der Waals surface area contributed by atoms with E-state index >= 15 is 0 Å². The molecule has 1 unspecified atom stereocenters. The van der Waals surface area contributed by atoms with E-state index in [0.29, 0.717) is 18.0 Å². The topological polar surface area (TPSA) is 41.6 Å². The molecule has 110 valence electrons. The fraction of sp³-hybridized carbons (Fsp3) is 0.533. The van der Waals surface area contributed by atoms with Crippen LogP contribution in [0.25, 0.3) is 0 Å². The Bertz CT molecular complexity index is 479. The highest BCUT2D eigenvalue weighted by Crippen LogP contribution is 2.28. The van der Waals surface area contributed by atoms with Crippen LogP contribution in [-0.2, 0) is 4.79 Å². The lowest BCUT2D eigenvalue weighted by Crippen LogP contribution is -2.51. The van der Waals surface area contributed by atoms with Crippen molar-refractivity contribution in [2.75, 3.05) is 25.1 Å². The molecule has 0 spiro atoms. The van der Waals surface area contributed by atoms with Crippen molar-refractivity contribution in [1.29, 1.82) is 0 Å². The smallest absolute Gasteiger partial charge is 0.244 e. The maximum absolute atomic E-state index is 14.0. The van der Waals surface area contributed by atoms with E-state index in [0.717, 1.165) is 25.8 Å². The number of halogens is 1. The van der Waals surface area contributed by atoms with E-state index in [9.17, 15) is 9.18 Å². The Hall–Kier alpha value is -1.62. The molecule has 1 aromatic rings. The van der Waals surface area contributed by atoms with Gasteiger partial charge in [-0.05, 0) is 37.9 Å². The Morgan fingerprint density at radius 2 is 2.30 bits per heavy atom. The summed E-state index contributed by atoms with van der Waals surface area (Å²) in [6.45, 7) is 3.40. The number of amides is 1. The number of hydrogen-bond acceptors (Lipinski definition) is 3. The van der Waals surface area contributed by atoms with Crippen molar-refractivity contribution in [2.45, 2.75) is 32.2 Å². The number of ether oxygens (including phenoxy) is 1. The lowest BCUT2D eigenvalue weighted by atomic mass is 10.0. The van der Waals surface area contributed by atoms with Gasteiger partial charge in [0.2, 0.25) is 5.91 Å². The minimum absolute atomic E-state index is 0.0585. The number of carbonyl (C=O) groups excluding carboxylic acids is 1. The van der Waals surface area contributed by atoms with E-state index in [-0.39, 0.29) is 11.9 Å². The van der Waals surface area contributed by atoms with Crippen molar-refractivity contribution in [2.24, 2.45) is 0 Å². The first kappa shape index (κ1) is 14.8. The second-order valence-corrected chi connectivity index (χ2v) is 4.96. The largest absolute Gasteiger partial charge is 0.497 e. The maximum atomic E-state index is 14.0. The zero-order chi connectivity index (χ0) is 14.5. The van der Waals surface area contributed by atoms with Gasteiger partial charge in [0, 0.05) is 12.6 Å². The summed E-state index contributed by atoms with van der Waals surface area (Å²) in [5.41, 5.74) is 0.303. The molecule has 1 aromatic carbocycles. The maximum Gasteiger partial charge on any atom is 0.244 e. The number of anilines is 1. The molecule has 0 saturated carbocycles.